The van der Waals surface area contributed by atoms with Crippen LogP contribution in [0.2, 0.25) is 0 Å². The van der Waals surface area contributed by atoms with Crippen molar-refractivity contribution in [3.8, 4) is 33.4 Å². The molecule has 0 saturated carbocycles. The van der Waals surface area contributed by atoms with E-state index in [1.54, 1.807) is 0 Å². The molecule has 0 aromatic heterocycles. The standard InChI is InChI=1S/C78H62N4/c1-77(2)73-31-19-17-29-69(73)71-51-49-67(53-75(71)77)81(59-25-13-7-14-26-59)65-45-41-63(42-46-65)79(57-21-9-5-10-22-57)61-37-33-55(34-38-61)56-35-39-62(40-36-56)80(58-23-11-6-12-24-58)64-43-47-66(48-44-64)82(60-27-15-8-16-28-60)68-50-52-72-70-30-18-20-32-74(70)78(3,4)76(72)54-68/h5-54H,1-4H3. The summed E-state index contributed by atoms with van der Waals surface area (Å²) in [5.41, 5.74) is 26.0. The number of para-hydroxylation sites is 4. The maximum Gasteiger partial charge on any atom is 0.0465 e. The van der Waals surface area contributed by atoms with E-state index in [-0.39, 0.29) is 10.8 Å². The van der Waals surface area contributed by atoms with Crippen LogP contribution < -0.4 is 19.6 Å². The van der Waals surface area contributed by atoms with Crippen LogP contribution in [0.15, 0.2) is 303 Å². The van der Waals surface area contributed by atoms with Gasteiger partial charge in [0.1, 0.15) is 0 Å². The van der Waals surface area contributed by atoms with Crippen molar-refractivity contribution in [3.63, 3.8) is 0 Å². The number of benzene rings is 12. The van der Waals surface area contributed by atoms with Crippen molar-refractivity contribution in [1.29, 1.82) is 0 Å². The van der Waals surface area contributed by atoms with Crippen molar-refractivity contribution in [3.05, 3.63) is 326 Å². The van der Waals surface area contributed by atoms with Gasteiger partial charge in [0.25, 0.3) is 0 Å². The van der Waals surface area contributed by atoms with Crippen LogP contribution in [-0.4, -0.2) is 0 Å². The molecule has 0 heterocycles. The van der Waals surface area contributed by atoms with Crippen LogP contribution in [0.1, 0.15) is 49.9 Å². The molecule has 2 aliphatic rings. The molecule has 0 N–H and O–H groups in total. The summed E-state index contributed by atoms with van der Waals surface area (Å²) in [7, 11) is 0. The Labute approximate surface area is 482 Å². The van der Waals surface area contributed by atoms with Crippen LogP contribution in [0.5, 0.6) is 0 Å². The highest BCUT2D eigenvalue weighted by molar-refractivity contribution is 5.89. The van der Waals surface area contributed by atoms with Gasteiger partial charge in [-0.3, -0.25) is 0 Å². The minimum atomic E-state index is -0.106. The molecule has 4 nitrogen and oxygen atoms in total. The Kier molecular flexibility index (Phi) is 12.5. The van der Waals surface area contributed by atoms with Crippen molar-refractivity contribution in [2.24, 2.45) is 0 Å². The first-order chi connectivity index (χ1) is 40.2. The Morgan fingerprint density at radius 3 is 0.683 bits per heavy atom. The summed E-state index contributed by atoms with van der Waals surface area (Å²) in [4.78, 5) is 9.43. The van der Waals surface area contributed by atoms with E-state index in [4.69, 9.17) is 0 Å². The molecule has 0 radical (unpaired) electrons. The minimum absolute atomic E-state index is 0.106. The molecular formula is C78H62N4. The van der Waals surface area contributed by atoms with Gasteiger partial charge in [0.05, 0.1) is 0 Å². The molecule has 2 aliphatic carbocycles. The molecule has 0 atom stereocenters. The second-order valence-electron chi connectivity index (χ2n) is 22.6. The average molecular weight is 1060 g/mol. The van der Waals surface area contributed by atoms with Crippen molar-refractivity contribution < 1.29 is 0 Å². The summed E-state index contributed by atoms with van der Waals surface area (Å²) < 4.78 is 0. The number of rotatable bonds is 13. The average Bonchev–Trinajstić information content (AvgIpc) is 4.16. The zero-order chi connectivity index (χ0) is 55.4. The topological polar surface area (TPSA) is 13.0 Å². The van der Waals surface area contributed by atoms with Gasteiger partial charge in [-0.05, 0) is 201 Å². The normalized spacial score (nSPS) is 13.1. The van der Waals surface area contributed by atoms with Gasteiger partial charge in [-0.15, -0.1) is 0 Å². The van der Waals surface area contributed by atoms with E-state index in [2.05, 4.69) is 351 Å². The molecule has 0 unspecified atom stereocenters. The third kappa shape index (κ3) is 8.81. The first-order valence-corrected chi connectivity index (χ1v) is 28.5. The second kappa shape index (κ2) is 20.5. The molecule has 0 bridgehead atoms. The molecule has 394 valence electrons. The Balaban J connectivity index is 0.750. The van der Waals surface area contributed by atoms with Gasteiger partial charge in [0.15, 0.2) is 0 Å². The lowest BCUT2D eigenvalue weighted by atomic mass is 9.82. The fourth-order valence-corrected chi connectivity index (χ4v) is 12.9. The quantitative estimate of drug-likeness (QED) is 0.114. The molecule has 12 aromatic carbocycles. The summed E-state index contributed by atoms with van der Waals surface area (Å²) in [5, 5.41) is 0. The first-order valence-electron chi connectivity index (χ1n) is 28.5. The number of hydrogen-bond donors (Lipinski definition) is 0. The van der Waals surface area contributed by atoms with Gasteiger partial charge in [-0.1, -0.05) is 185 Å². The monoisotopic (exact) mass is 1050 g/mol. The van der Waals surface area contributed by atoms with Crippen LogP contribution in [0.4, 0.5) is 68.2 Å². The van der Waals surface area contributed by atoms with Gasteiger partial charge in [0.2, 0.25) is 0 Å². The molecule has 0 aliphatic heterocycles. The van der Waals surface area contributed by atoms with E-state index >= 15 is 0 Å². The van der Waals surface area contributed by atoms with Crippen molar-refractivity contribution in [2.45, 2.75) is 38.5 Å². The fourth-order valence-electron chi connectivity index (χ4n) is 12.9. The maximum absolute atomic E-state index is 2.40. The highest BCUT2D eigenvalue weighted by atomic mass is 15.2. The Morgan fingerprint density at radius 1 is 0.183 bits per heavy atom. The lowest BCUT2D eigenvalue weighted by molar-refractivity contribution is 0.660. The van der Waals surface area contributed by atoms with Gasteiger partial charge >= 0.3 is 0 Å². The SMILES string of the molecule is CC1(C)c2ccccc2-c2ccc(N(c3ccccc3)c3ccc(N(c4ccccc4)c4ccc(-c5ccc(N(c6ccccc6)c6ccc(N(c7ccccc7)c7ccc8c(c7)C(C)(C)c7ccccc7-8)cc6)cc5)cc4)cc3)cc21. The van der Waals surface area contributed by atoms with E-state index < -0.39 is 0 Å². The van der Waals surface area contributed by atoms with Crippen molar-refractivity contribution in [2.75, 3.05) is 19.6 Å². The van der Waals surface area contributed by atoms with E-state index in [9.17, 15) is 0 Å². The molecule has 4 heteroatoms. The molecule has 0 fully saturated rings. The van der Waals surface area contributed by atoms with Crippen LogP contribution in [-0.2, 0) is 10.8 Å². The maximum atomic E-state index is 2.40. The lowest BCUT2D eigenvalue weighted by Crippen LogP contribution is -2.16. The van der Waals surface area contributed by atoms with E-state index in [1.165, 1.54) is 44.5 Å². The third-order valence-corrected chi connectivity index (χ3v) is 17.0. The van der Waals surface area contributed by atoms with Gasteiger partial charge in [-0.2, -0.15) is 0 Å². The van der Waals surface area contributed by atoms with Gasteiger partial charge in [0, 0.05) is 79.1 Å². The van der Waals surface area contributed by atoms with E-state index in [0.29, 0.717) is 0 Å². The number of hydrogen-bond acceptors (Lipinski definition) is 4. The van der Waals surface area contributed by atoms with E-state index in [0.717, 1.165) is 79.4 Å². The molecule has 14 rings (SSSR count). The summed E-state index contributed by atoms with van der Waals surface area (Å²) >= 11 is 0. The highest BCUT2D eigenvalue weighted by Gasteiger charge is 2.37. The largest absolute Gasteiger partial charge is 0.311 e. The number of anilines is 12. The van der Waals surface area contributed by atoms with E-state index in [1.807, 2.05) is 0 Å². The van der Waals surface area contributed by atoms with Crippen molar-refractivity contribution >= 4 is 68.2 Å². The Bertz CT molecular complexity index is 3950. The summed E-state index contributed by atoms with van der Waals surface area (Å²) in [5.74, 6) is 0. The minimum Gasteiger partial charge on any atom is -0.311 e. The molecule has 0 amide bonds. The Hall–Kier alpha value is -10.2. The van der Waals surface area contributed by atoms with Crippen LogP contribution in [0, 0.1) is 0 Å². The smallest absolute Gasteiger partial charge is 0.0465 e. The summed E-state index contributed by atoms with van der Waals surface area (Å²) in [6.07, 6.45) is 0. The van der Waals surface area contributed by atoms with Crippen LogP contribution >= 0.6 is 0 Å². The summed E-state index contributed by atoms with van der Waals surface area (Å²) in [6, 6.07) is 110. The highest BCUT2D eigenvalue weighted by Crippen LogP contribution is 2.53. The predicted octanol–water partition coefficient (Wildman–Crippen LogP) is 21.8. The van der Waals surface area contributed by atoms with Crippen LogP contribution in [0.25, 0.3) is 33.4 Å². The molecule has 82 heavy (non-hydrogen) atoms. The number of nitrogens with zero attached hydrogens (tertiary/aromatic N) is 4. The number of fused-ring (bicyclic) bond motifs is 6. The third-order valence-electron chi connectivity index (χ3n) is 17.0. The zero-order valence-corrected chi connectivity index (χ0v) is 46.7. The Morgan fingerprint density at radius 2 is 0.390 bits per heavy atom. The second-order valence-corrected chi connectivity index (χ2v) is 22.6. The molecule has 12 aromatic rings. The van der Waals surface area contributed by atoms with Gasteiger partial charge in [-0.25, -0.2) is 0 Å². The zero-order valence-electron chi connectivity index (χ0n) is 46.7. The summed E-state index contributed by atoms with van der Waals surface area (Å²) in [6.45, 7) is 9.39. The lowest BCUT2D eigenvalue weighted by Gasteiger charge is -2.29. The van der Waals surface area contributed by atoms with Gasteiger partial charge < -0.3 is 19.6 Å². The van der Waals surface area contributed by atoms with Crippen molar-refractivity contribution in [1.82, 2.24) is 0 Å². The molecule has 0 saturated heterocycles. The predicted molar refractivity (Wildman–Crippen MR) is 346 cm³/mol. The molecule has 0 spiro atoms. The fraction of sp³-hybridized carbons (Fsp3) is 0.0769. The first kappa shape index (κ1) is 50.1. The van der Waals surface area contributed by atoms with Crippen LogP contribution in [0.3, 0.4) is 0 Å². The molecular weight excluding hydrogens is 993 g/mol.